The fourth-order valence-corrected chi connectivity index (χ4v) is 3.36. The first-order valence-electron chi connectivity index (χ1n) is 9.57. The molecule has 2 aromatic carbocycles. The van der Waals surface area contributed by atoms with Gasteiger partial charge < -0.3 is 14.4 Å². The Morgan fingerprint density at radius 1 is 1.03 bits per heavy atom. The molecule has 1 unspecified atom stereocenters. The van der Waals surface area contributed by atoms with E-state index < -0.39 is 6.10 Å². The molecule has 6 nitrogen and oxygen atoms in total. The number of nitrogens with zero attached hydrogens (tertiary/aromatic N) is 3. The molecule has 0 spiro atoms. The number of aryl methyl sites for hydroxylation is 1. The van der Waals surface area contributed by atoms with Crippen molar-refractivity contribution in [1.82, 2.24) is 14.2 Å². The number of aliphatic hydroxyl groups is 1. The summed E-state index contributed by atoms with van der Waals surface area (Å²) in [7, 11) is 0. The first kappa shape index (κ1) is 19.1. The van der Waals surface area contributed by atoms with Crippen LogP contribution < -0.4 is 5.56 Å². The first-order chi connectivity index (χ1) is 14.1. The van der Waals surface area contributed by atoms with Gasteiger partial charge in [-0.25, -0.2) is 0 Å². The van der Waals surface area contributed by atoms with Crippen molar-refractivity contribution in [1.29, 1.82) is 0 Å². The Kier molecular flexibility index (Phi) is 5.55. The Bertz CT molecular complexity index is 1150. The Morgan fingerprint density at radius 3 is 2.45 bits per heavy atom. The summed E-state index contributed by atoms with van der Waals surface area (Å²) in [4.78, 5) is 12.4. The van der Waals surface area contributed by atoms with Crippen molar-refractivity contribution in [3.8, 4) is 11.3 Å². The van der Waals surface area contributed by atoms with Crippen molar-refractivity contribution >= 4 is 5.65 Å². The van der Waals surface area contributed by atoms with Gasteiger partial charge in [0.1, 0.15) is 5.65 Å². The number of ether oxygens (including phenoxy) is 1. The average Bonchev–Trinajstić information content (AvgIpc) is 3.19. The van der Waals surface area contributed by atoms with E-state index in [1.54, 1.807) is 0 Å². The molecule has 1 atom stereocenters. The smallest absolute Gasteiger partial charge is 0.274 e. The molecule has 29 heavy (non-hydrogen) atoms. The van der Waals surface area contributed by atoms with E-state index in [0.29, 0.717) is 18.8 Å². The molecule has 0 fully saturated rings. The van der Waals surface area contributed by atoms with Gasteiger partial charge in [-0.05, 0) is 12.5 Å². The molecular formula is C23H23N3O3. The van der Waals surface area contributed by atoms with Gasteiger partial charge >= 0.3 is 0 Å². The monoisotopic (exact) mass is 389 g/mol. The number of aromatic nitrogens is 3. The lowest BCUT2D eigenvalue weighted by Crippen LogP contribution is -2.27. The van der Waals surface area contributed by atoms with Gasteiger partial charge in [-0.1, -0.05) is 60.7 Å². The lowest BCUT2D eigenvalue weighted by Gasteiger charge is -2.17. The second-order valence-corrected chi connectivity index (χ2v) is 7.05. The minimum Gasteiger partial charge on any atom is -0.389 e. The highest BCUT2D eigenvalue weighted by Gasteiger charge is 2.14. The molecule has 0 saturated carbocycles. The second kappa shape index (κ2) is 8.43. The van der Waals surface area contributed by atoms with Gasteiger partial charge in [-0.3, -0.25) is 4.79 Å². The van der Waals surface area contributed by atoms with Crippen LogP contribution in [-0.4, -0.2) is 32.0 Å². The van der Waals surface area contributed by atoms with Crippen LogP contribution in [-0.2, 0) is 17.9 Å². The molecule has 0 aliphatic rings. The number of fused-ring (bicyclic) bond motifs is 1. The zero-order chi connectivity index (χ0) is 20.2. The van der Waals surface area contributed by atoms with Crippen molar-refractivity contribution in [2.24, 2.45) is 0 Å². The Hall–Kier alpha value is -3.22. The third kappa shape index (κ3) is 4.29. The highest BCUT2D eigenvalue weighted by molar-refractivity contribution is 5.64. The van der Waals surface area contributed by atoms with E-state index in [1.807, 2.05) is 78.2 Å². The topological polar surface area (TPSA) is 68.8 Å². The summed E-state index contributed by atoms with van der Waals surface area (Å²) in [5.74, 6) is 0. The van der Waals surface area contributed by atoms with Gasteiger partial charge in [-0.2, -0.15) is 9.61 Å². The SMILES string of the molecule is Cc1cc(=O)n2nc(-c3ccccc3)cc2n1CC(O)COCc1ccccc1. The summed E-state index contributed by atoms with van der Waals surface area (Å²) < 4.78 is 8.94. The fraction of sp³-hybridized carbons (Fsp3) is 0.217. The van der Waals surface area contributed by atoms with Gasteiger partial charge in [0.2, 0.25) is 0 Å². The van der Waals surface area contributed by atoms with Crippen molar-refractivity contribution < 1.29 is 9.84 Å². The molecule has 4 aromatic rings. The molecule has 4 rings (SSSR count). The van der Waals surface area contributed by atoms with Crippen LogP contribution in [0.2, 0.25) is 0 Å². The van der Waals surface area contributed by atoms with Crippen LogP contribution in [0.4, 0.5) is 0 Å². The van der Waals surface area contributed by atoms with E-state index in [9.17, 15) is 9.90 Å². The standard InChI is InChI=1S/C23H23N3O3/c1-17-12-23(28)26-22(13-21(24-26)19-10-6-3-7-11-19)25(17)14-20(27)16-29-15-18-8-4-2-5-9-18/h2-13,20,27H,14-16H2,1H3. The Morgan fingerprint density at radius 2 is 1.72 bits per heavy atom. The number of benzene rings is 2. The summed E-state index contributed by atoms with van der Waals surface area (Å²) in [6.45, 7) is 2.81. The third-order valence-electron chi connectivity index (χ3n) is 4.82. The van der Waals surface area contributed by atoms with Crippen LogP contribution in [0, 0.1) is 6.92 Å². The zero-order valence-electron chi connectivity index (χ0n) is 16.2. The van der Waals surface area contributed by atoms with E-state index in [1.165, 1.54) is 10.6 Å². The molecule has 6 heteroatoms. The molecule has 0 radical (unpaired) electrons. The summed E-state index contributed by atoms with van der Waals surface area (Å²) >= 11 is 0. The van der Waals surface area contributed by atoms with Gasteiger partial charge in [0.25, 0.3) is 5.56 Å². The summed E-state index contributed by atoms with van der Waals surface area (Å²) in [6.07, 6.45) is -0.709. The van der Waals surface area contributed by atoms with E-state index in [0.717, 1.165) is 22.5 Å². The highest BCUT2D eigenvalue weighted by Crippen LogP contribution is 2.19. The molecule has 2 heterocycles. The molecule has 0 aliphatic carbocycles. The van der Waals surface area contributed by atoms with E-state index >= 15 is 0 Å². The maximum atomic E-state index is 12.4. The number of aliphatic hydroxyl groups excluding tert-OH is 1. The Labute approximate surface area is 168 Å². The van der Waals surface area contributed by atoms with Crippen molar-refractivity contribution in [2.45, 2.75) is 26.2 Å². The third-order valence-corrected chi connectivity index (χ3v) is 4.82. The van der Waals surface area contributed by atoms with Crippen LogP contribution in [0.3, 0.4) is 0 Å². The number of rotatable bonds is 7. The van der Waals surface area contributed by atoms with Gasteiger partial charge in [0.15, 0.2) is 0 Å². The van der Waals surface area contributed by atoms with Crippen LogP contribution in [0.5, 0.6) is 0 Å². The predicted octanol–water partition coefficient (Wildman–Crippen LogP) is 3.05. The summed E-state index contributed by atoms with van der Waals surface area (Å²) in [5, 5.41) is 15.0. The Balaban J connectivity index is 1.54. The summed E-state index contributed by atoms with van der Waals surface area (Å²) in [6, 6.07) is 23.0. The van der Waals surface area contributed by atoms with Crippen LogP contribution in [0.15, 0.2) is 77.6 Å². The zero-order valence-corrected chi connectivity index (χ0v) is 16.2. The van der Waals surface area contributed by atoms with Crippen molar-refractivity contribution in [3.63, 3.8) is 0 Å². The first-order valence-corrected chi connectivity index (χ1v) is 9.57. The highest BCUT2D eigenvalue weighted by atomic mass is 16.5. The van der Waals surface area contributed by atoms with Crippen molar-refractivity contribution in [3.05, 3.63) is 94.4 Å². The molecule has 0 saturated heterocycles. The normalized spacial score (nSPS) is 12.3. The molecule has 1 N–H and O–H groups in total. The molecule has 0 aliphatic heterocycles. The van der Waals surface area contributed by atoms with E-state index in [2.05, 4.69) is 5.10 Å². The van der Waals surface area contributed by atoms with Gasteiger partial charge in [-0.15, -0.1) is 0 Å². The number of hydrogen-bond acceptors (Lipinski definition) is 4. The average molecular weight is 389 g/mol. The molecule has 0 amide bonds. The van der Waals surface area contributed by atoms with Crippen molar-refractivity contribution in [2.75, 3.05) is 6.61 Å². The maximum Gasteiger partial charge on any atom is 0.274 e. The fourth-order valence-electron chi connectivity index (χ4n) is 3.36. The van der Waals surface area contributed by atoms with Crippen LogP contribution in [0.1, 0.15) is 11.3 Å². The molecule has 0 bridgehead atoms. The van der Waals surface area contributed by atoms with E-state index in [4.69, 9.17) is 4.74 Å². The molecule has 148 valence electrons. The quantitative estimate of drug-likeness (QED) is 0.528. The van der Waals surface area contributed by atoms with E-state index in [-0.39, 0.29) is 12.2 Å². The predicted molar refractivity (Wildman–Crippen MR) is 112 cm³/mol. The van der Waals surface area contributed by atoms with Gasteiger partial charge in [0, 0.05) is 23.4 Å². The lowest BCUT2D eigenvalue weighted by atomic mass is 10.2. The lowest BCUT2D eigenvalue weighted by molar-refractivity contribution is 0.0205. The van der Waals surface area contributed by atoms with Crippen LogP contribution in [0.25, 0.3) is 16.9 Å². The minimum absolute atomic E-state index is 0.189. The minimum atomic E-state index is -0.709. The molecule has 2 aromatic heterocycles. The van der Waals surface area contributed by atoms with Crippen LogP contribution >= 0.6 is 0 Å². The largest absolute Gasteiger partial charge is 0.389 e. The number of hydrogen-bond donors (Lipinski definition) is 1. The molecular weight excluding hydrogens is 366 g/mol. The second-order valence-electron chi connectivity index (χ2n) is 7.05. The maximum absolute atomic E-state index is 12.4. The summed E-state index contributed by atoms with van der Waals surface area (Å²) in [5.41, 5.74) is 3.94. The van der Waals surface area contributed by atoms with Gasteiger partial charge in [0.05, 0.1) is 31.6 Å².